The van der Waals surface area contributed by atoms with Gasteiger partial charge in [-0.3, -0.25) is 4.79 Å². The summed E-state index contributed by atoms with van der Waals surface area (Å²) in [4.78, 5) is 21.6. The molecule has 5 nitrogen and oxygen atoms in total. The number of hydrogen-bond donors (Lipinski definition) is 2. The summed E-state index contributed by atoms with van der Waals surface area (Å²) in [7, 11) is 0. The normalized spacial score (nSPS) is 23.4. The number of carbonyl (C=O) groups excluding carboxylic acids is 1. The Kier molecular flexibility index (Phi) is 4.85. The Bertz CT molecular complexity index is 866. The van der Waals surface area contributed by atoms with Gasteiger partial charge in [-0.2, -0.15) is 0 Å². The Hall–Kier alpha value is -1.72. The fourth-order valence-electron chi connectivity index (χ4n) is 4.03. The van der Waals surface area contributed by atoms with Crippen molar-refractivity contribution in [2.45, 2.75) is 69.9 Å². The zero-order chi connectivity index (χ0) is 19.2. The van der Waals surface area contributed by atoms with E-state index in [4.69, 9.17) is 11.6 Å². The summed E-state index contributed by atoms with van der Waals surface area (Å²) in [6.45, 7) is 3.73. The third-order valence-electron chi connectivity index (χ3n) is 5.94. The third kappa shape index (κ3) is 4.09. The van der Waals surface area contributed by atoms with E-state index in [2.05, 4.69) is 15.3 Å². The van der Waals surface area contributed by atoms with Crippen molar-refractivity contribution < 1.29 is 9.90 Å². The molecule has 0 unspecified atom stereocenters. The number of nitrogens with zero attached hydrogens (tertiary/aromatic N) is 2. The van der Waals surface area contributed by atoms with E-state index in [1.165, 1.54) is 0 Å². The van der Waals surface area contributed by atoms with E-state index in [0.717, 1.165) is 49.6 Å². The molecular weight excluding hydrogens is 362 g/mol. The van der Waals surface area contributed by atoms with Gasteiger partial charge in [0.05, 0.1) is 21.9 Å². The fraction of sp³-hybridized carbons (Fsp3) is 0.571. The molecule has 2 saturated carbocycles. The number of carbonyl (C=O) groups is 1. The molecule has 4 rings (SSSR count). The molecule has 0 aromatic carbocycles. The van der Waals surface area contributed by atoms with Gasteiger partial charge < -0.3 is 10.4 Å². The smallest absolute Gasteiger partial charge is 0.253 e. The maximum absolute atomic E-state index is 12.7. The van der Waals surface area contributed by atoms with Crippen LogP contribution in [0, 0.1) is 5.92 Å². The number of aliphatic hydroxyl groups is 1. The molecule has 2 fully saturated rings. The van der Waals surface area contributed by atoms with Crippen molar-refractivity contribution in [2.75, 3.05) is 0 Å². The number of hydrogen-bond acceptors (Lipinski definition) is 4. The zero-order valence-electron chi connectivity index (χ0n) is 15.8. The summed E-state index contributed by atoms with van der Waals surface area (Å²) in [6.07, 6.45) is 7.49. The van der Waals surface area contributed by atoms with Crippen LogP contribution in [0.3, 0.4) is 0 Å². The number of pyridine rings is 2. The van der Waals surface area contributed by atoms with Gasteiger partial charge in [-0.15, -0.1) is 0 Å². The van der Waals surface area contributed by atoms with Gasteiger partial charge in [-0.25, -0.2) is 9.97 Å². The lowest BCUT2D eigenvalue weighted by Gasteiger charge is -2.36. The zero-order valence-corrected chi connectivity index (χ0v) is 16.6. The highest BCUT2D eigenvalue weighted by atomic mass is 35.5. The lowest BCUT2D eigenvalue weighted by molar-refractivity contribution is -0.00257. The fourth-order valence-corrected chi connectivity index (χ4v) is 4.35. The first-order chi connectivity index (χ1) is 12.8. The number of fused-ring (bicyclic) bond motifs is 1. The quantitative estimate of drug-likeness (QED) is 0.823. The van der Waals surface area contributed by atoms with Crippen LogP contribution in [-0.2, 0) is 0 Å². The molecule has 2 aromatic heterocycles. The van der Waals surface area contributed by atoms with E-state index >= 15 is 0 Å². The largest absolute Gasteiger partial charge is 0.390 e. The summed E-state index contributed by atoms with van der Waals surface area (Å²) < 4.78 is 0. The van der Waals surface area contributed by atoms with Crippen LogP contribution in [-0.4, -0.2) is 32.6 Å². The van der Waals surface area contributed by atoms with E-state index in [9.17, 15) is 9.90 Å². The molecule has 0 aliphatic heterocycles. The first kappa shape index (κ1) is 18.6. The number of aromatic nitrogens is 2. The molecule has 144 valence electrons. The minimum atomic E-state index is -0.650. The van der Waals surface area contributed by atoms with Gasteiger partial charge in [0, 0.05) is 23.5 Å². The van der Waals surface area contributed by atoms with Crippen LogP contribution < -0.4 is 5.32 Å². The van der Waals surface area contributed by atoms with Crippen LogP contribution in [0.2, 0.25) is 5.02 Å². The Morgan fingerprint density at radius 1 is 1.19 bits per heavy atom. The molecule has 0 saturated heterocycles. The molecule has 0 atom stereocenters. The van der Waals surface area contributed by atoms with Crippen LogP contribution in [0.5, 0.6) is 0 Å². The van der Waals surface area contributed by atoms with Crippen molar-refractivity contribution in [3.05, 3.63) is 34.6 Å². The third-order valence-corrected chi connectivity index (χ3v) is 6.24. The number of halogens is 1. The molecule has 2 aliphatic rings. The van der Waals surface area contributed by atoms with Crippen LogP contribution in [0.1, 0.15) is 74.3 Å². The summed E-state index contributed by atoms with van der Waals surface area (Å²) >= 11 is 6.36. The highest BCUT2D eigenvalue weighted by molar-refractivity contribution is 6.32. The maximum Gasteiger partial charge on any atom is 0.253 e. The van der Waals surface area contributed by atoms with Gasteiger partial charge in [0.2, 0.25) is 0 Å². The molecule has 0 bridgehead atoms. The highest BCUT2D eigenvalue weighted by Crippen LogP contribution is 2.42. The summed E-state index contributed by atoms with van der Waals surface area (Å²) in [5.74, 6) is 0.645. The second-order valence-corrected chi connectivity index (χ2v) is 8.98. The van der Waals surface area contributed by atoms with Gasteiger partial charge in [0.15, 0.2) is 5.65 Å². The predicted molar refractivity (Wildman–Crippen MR) is 106 cm³/mol. The van der Waals surface area contributed by atoms with Gasteiger partial charge in [-0.05, 0) is 70.4 Å². The van der Waals surface area contributed by atoms with E-state index in [1.54, 1.807) is 6.20 Å². The van der Waals surface area contributed by atoms with Crippen molar-refractivity contribution >= 4 is 28.5 Å². The number of amides is 1. The van der Waals surface area contributed by atoms with E-state index in [-0.39, 0.29) is 11.9 Å². The molecule has 2 heterocycles. The van der Waals surface area contributed by atoms with Crippen LogP contribution in [0.25, 0.3) is 11.0 Å². The molecule has 0 radical (unpaired) electrons. The molecule has 2 N–H and O–H groups in total. The Morgan fingerprint density at radius 2 is 1.89 bits per heavy atom. The van der Waals surface area contributed by atoms with Crippen molar-refractivity contribution in [1.29, 1.82) is 0 Å². The lowest BCUT2D eigenvalue weighted by atomic mass is 9.77. The maximum atomic E-state index is 12.7. The highest BCUT2D eigenvalue weighted by Gasteiger charge is 2.32. The molecule has 1 amide bonds. The Balaban J connectivity index is 1.44. The summed E-state index contributed by atoms with van der Waals surface area (Å²) in [5.41, 5.74) is 1.45. The first-order valence-corrected chi connectivity index (χ1v) is 10.2. The summed E-state index contributed by atoms with van der Waals surface area (Å²) in [6, 6.07) is 3.83. The van der Waals surface area contributed by atoms with Crippen molar-refractivity contribution in [3.8, 4) is 0 Å². The second-order valence-electron chi connectivity index (χ2n) is 8.58. The minimum absolute atomic E-state index is 0.112. The average Bonchev–Trinajstić information content (AvgIpc) is 3.45. The average molecular weight is 388 g/mol. The van der Waals surface area contributed by atoms with Gasteiger partial charge in [-0.1, -0.05) is 11.6 Å². The monoisotopic (exact) mass is 387 g/mol. The number of rotatable bonds is 4. The summed E-state index contributed by atoms with van der Waals surface area (Å²) in [5, 5.41) is 14.7. The Morgan fingerprint density at radius 3 is 2.52 bits per heavy atom. The van der Waals surface area contributed by atoms with Gasteiger partial charge >= 0.3 is 0 Å². The number of nitrogens with one attached hydrogen (secondary N) is 1. The topological polar surface area (TPSA) is 75.1 Å². The van der Waals surface area contributed by atoms with Crippen LogP contribution in [0.4, 0.5) is 0 Å². The molecule has 2 aliphatic carbocycles. The van der Waals surface area contributed by atoms with Crippen molar-refractivity contribution in [1.82, 2.24) is 15.3 Å². The standard InChI is InChI=1S/C21H26ClN3O2/c1-21(2,27)15-5-7-16(8-6-15)24-20(26)14-9-13-10-17(22)18(12-3-4-12)25-19(13)23-11-14/h9-12,15-16,27H,3-8H2,1-2H3,(H,24,26)/t15-,16-. The van der Waals surface area contributed by atoms with Crippen molar-refractivity contribution in [2.24, 2.45) is 5.92 Å². The lowest BCUT2D eigenvalue weighted by Crippen LogP contribution is -2.41. The molecule has 27 heavy (non-hydrogen) atoms. The second kappa shape index (κ2) is 7.02. The molecule has 2 aromatic rings. The van der Waals surface area contributed by atoms with E-state index in [1.807, 2.05) is 26.0 Å². The minimum Gasteiger partial charge on any atom is -0.390 e. The van der Waals surface area contributed by atoms with Gasteiger partial charge in [0.1, 0.15) is 0 Å². The van der Waals surface area contributed by atoms with Gasteiger partial charge in [0.25, 0.3) is 5.91 Å². The van der Waals surface area contributed by atoms with Crippen LogP contribution in [0.15, 0.2) is 18.3 Å². The van der Waals surface area contributed by atoms with E-state index in [0.29, 0.717) is 28.1 Å². The van der Waals surface area contributed by atoms with Crippen molar-refractivity contribution in [3.63, 3.8) is 0 Å². The SMILES string of the molecule is CC(C)(O)[C@H]1CC[C@H](NC(=O)c2cnc3nc(C4CC4)c(Cl)cc3c2)CC1. The first-order valence-electron chi connectivity index (χ1n) is 9.80. The Labute approximate surface area is 164 Å². The molecular formula is C21H26ClN3O2. The van der Waals surface area contributed by atoms with Crippen LogP contribution >= 0.6 is 11.6 Å². The van der Waals surface area contributed by atoms with E-state index < -0.39 is 5.60 Å². The molecule has 0 spiro atoms. The molecule has 6 heteroatoms. The predicted octanol–water partition coefficient (Wildman–Crippen LogP) is 4.22.